The molecule has 1 heterocycles. The van der Waals surface area contributed by atoms with Gasteiger partial charge in [0.2, 0.25) is 5.95 Å². The number of aromatic nitrogens is 2. The normalized spacial score (nSPS) is 10.3. The number of carbonyl (C=O) groups is 1. The lowest BCUT2D eigenvalue weighted by Crippen LogP contribution is -2.15. The topological polar surface area (TPSA) is 80.9 Å². The van der Waals surface area contributed by atoms with E-state index in [9.17, 15) is 4.79 Å². The highest BCUT2D eigenvalue weighted by Crippen LogP contribution is 2.23. The quantitative estimate of drug-likeness (QED) is 0.659. The Morgan fingerprint density at radius 3 is 2.74 bits per heavy atom. The summed E-state index contributed by atoms with van der Waals surface area (Å²) in [4.78, 5) is 20.0. The maximum atomic E-state index is 12.0. The molecule has 1 amide bonds. The first-order chi connectivity index (χ1) is 8.97. The highest BCUT2D eigenvalue weighted by molar-refractivity contribution is 6.36. The maximum Gasteiger partial charge on any atom is 0.259 e. The van der Waals surface area contributed by atoms with Crippen LogP contribution in [0.2, 0.25) is 10.2 Å². The van der Waals surface area contributed by atoms with E-state index in [2.05, 4.69) is 15.3 Å². The number of nitrogens with one attached hydrogen (secondary N) is 1. The van der Waals surface area contributed by atoms with E-state index in [1.54, 1.807) is 31.2 Å². The lowest BCUT2D eigenvalue weighted by atomic mass is 10.2. The van der Waals surface area contributed by atoms with E-state index in [1.165, 1.54) is 0 Å². The molecule has 0 radical (unpaired) electrons. The van der Waals surface area contributed by atoms with Gasteiger partial charge in [0.05, 0.1) is 16.3 Å². The Bertz CT molecular complexity index is 625. The Labute approximate surface area is 119 Å². The summed E-state index contributed by atoms with van der Waals surface area (Å²) in [6, 6.07) is 6.40. The fraction of sp³-hybridized carbons (Fsp3) is 0.0833. The third-order valence-electron chi connectivity index (χ3n) is 2.32. The van der Waals surface area contributed by atoms with Gasteiger partial charge in [-0.25, -0.2) is 9.97 Å². The van der Waals surface area contributed by atoms with Gasteiger partial charge in [-0.2, -0.15) is 0 Å². The van der Waals surface area contributed by atoms with Gasteiger partial charge in [-0.15, -0.1) is 0 Å². The molecule has 98 valence electrons. The molecular weight excluding hydrogens is 287 g/mol. The third kappa shape index (κ3) is 3.13. The highest BCUT2D eigenvalue weighted by Gasteiger charge is 2.13. The van der Waals surface area contributed by atoms with Crippen molar-refractivity contribution in [1.29, 1.82) is 0 Å². The van der Waals surface area contributed by atoms with Crippen LogP contribution in [0.1, 0.15) is 16.1 Å². The van der Waals surface area contributed by atoms with Crippen molar-refractivity contribution in [1.82, 2.24) is 9.97 Å². The number of nitrogens with zero attached hydrogens (tertiary/aromatic N) is 2. The Hall–Kier alpha value is -1.85. The first kappa shape index (κ1) is 13.6. The van der Waals surface area contributed by atoms with Gasteiger partial charge in [0.15, 0.2) is 0 Å². The standard InChI is InChI=1S/C12H10Cl2N4O/c1-6-5-9(13)17-12(16-6)18-11(19)7-3-2-4-8(15)10(7)14/h2-5H,15H2,1H3,(H,16,17,18,19). The number of hydrogen-bond donors (Lipinski definition) is 2. The number of carbonyl (C=O) groups excluding carboxylic acids is 1. The van der Waals surface area contributed by atoms with Gasteiger partial charge in [-0.1, -0.05) is 29.3 Å². The molecule has 0 bridgehead atoms. The summed E-state index contributed by atoms with van der Waals surface area (Å²) in [6.45, 7) is 1.75. The van der Waals surface area contributed by atoms with Gasteiger partial charge >= 0.3 is 0 Å². The molecule has 0 fully saturated rings. The minimum atomic E-state index is -0.445. The average molecular weight is 297 g/mol. The molecule has 3 N–H and O–H groups in total. The van der Waals surface area contributed by atoms with Gasteiger partial charge in [0.25, 0.3) is 5.91 Å². The SMILES string of the molecule is Cc1cc(Cl)nc(NC(=O)c2cccc(N)c2Cl)n1. The number of hydrogen-bond acceptors (Lipinski definition) is 4. The van der Waals surface area contributed by atoms with E-state index in [0.29, 0.717) is 11.4 Å². The number of benzene rings is 1. The van der Waals surface area contributed by atoms with Crippen LogP contribution in [0.4, 0.5) is 11.6 Å². The molecule has 7 heteroatoms. The van der Waals surface area contributed by atoms with Crippen LogP contribution in [-0.4, -0.2) is 15.9 Å². The van der Waals surface area contributed by atoms with Crippen molar-refractivity contribution in [2.75, 3.05) is 11.1 Å². The molecule has 0 aliphatic heterocycles. The molecule has 0 spiro atoms. The number of rotatable bonds is 2. The zero-order chi connectivity index (χ0) is 14.0. The van der Waals surface area contributed by atoms with Crippen LogP contribution in [0.15, 0.2) is 24.3 Å². The zero-order valence-electron chi connectivity index (χ0n) is 9.95. The number of aryl methyl sites for hydroxylation is 1. The Kier molecular flexibility index (Phi) is 3.87. The lowest BCUT2D eigenvalue weighted by Gasteiger charge is -2.07. The van der Waals surface area contributed by atoms with Crippen LogP contribution in [0.3, 0.4) is 0 Å². The van der Waals surface area contributed by atoms with E-state index >= 15 is 0 Å². The number of nitrogens with two attached hydrogens (primary N) is 1. The van der Waals surface area contributed by atoms with Crippen molar-refractivity contribution >= 4 is 40.7 Å². The first-order valence-electron chi connectivity index (χ1n) is 5.34. The van der Waals surface area contributed by atoms with Gasteiger partial charge in [0, 0.05) is 5.69 Å². The molecule has 0 saturated carbocycles. The van der Waals surface area contributed by atoms with Crippen molar-refractivity contribution in [2.45, 2.75) is 6.92 Å². The summed E-state index contributed by atoms with van der Waals surface area (Å²) in [5.74, 6) is -0.326. The van der Waals surface area contributed by atoms with Crippen molar-refractivity contribution < 1.29 is 4.79 Å². The van der Waals surface area contributed by atoms with Gasteiger partial charge in [-0.3, -0.25) is 10.1 Å². The van der Waals surface area contributed by atoms with Gasteiger partial charge in [-0.05, 0) is 25.1 Å². The van der Waals surface area contributed by atoms with Crippen molar-refractivity contribution in [3.63, 3.8) is 0 Å². The number of anilines is 2. The second-order valence-electron chi connectivity index (χ2n) is 3.82. The van der Waals surface area contributed by atoms with E-state index in [4.69, 9.17) is 28.9 Å². The van der Waals surface area contributed by atoms with E-state index in [1.807, 2.05) is 0 Å². The Morgan fingerprint density at radius 2 is 2.05 bits per heavy atom. The van der Waals surface area contributed by atoms with Crippen LogP contribution < -0.4 is 11.1 Å². The summed E-state index contributed by atoms with van der Waals surface area (Å²) < 4.78 is 0. The lowest BCUT2D eigenvalue weighted by molar-refractivity contribution is 0.102. The van der Waals surface area contributed by atoms with Crippen LogP contribution >= 0.6 is 23.2 Å². The van der Waals surface area contributed by atoms with E-state index in [0.717, 1.165) is 0 Å². The number of nitrogen functional groups attached to an aromatic ring is 1. The zero-order valence-corrected chi connectivity index (χ0v) is 11.5. The summed E-state index contributed by atoms with van der Waals surface area (Å²) in [7, 11) is 0. The molecular formula is C12H10Cl2N4O. The van der Waals surface area contributed by atoms with Crippen molar-refractivity contribution in [3.8, 4) is 0 Å². The molecule has 2 rings (SSSR count). The predicted octanol–water partition coefficient (Wildman–Crippen LogP) is 2.93. The fourth-order valence-corrected chi connectivity index (χ4v) is 1.93. The van der Waals surface area contributed by atoms with Crippen molar-refractivity contribution in [2.24, 2.45) is 0 Å². The van der Waals surface area contributed by atoms with Crippen LogP contribution in [-0.2, 0) is 0 Å². The maximum absolute atomic E-state index is 12.0. The smallest absolute Gasteiger partial charge is 0.259 e. The Morgan fingerprint density at radius 1 is 1.32 bits per heavy atom. The van der Waals surface area contributed by atoms with Crippen LogP contribution in [0.25, 0.3) is 0 Å². The van der Waals surface area contributed by atoms with E-state index in [-0.39, 0.29) is 21.7 Å². The molecule has 0 aliphatic rings. The minimum absolute atomic E-state index is 0.119. The number of halogens is 2. The minimum Gasteiger partial charge on any atom is -0.398 e. The molecule has 5 nitrogen and oxygen atoms in total. The fourth-order valence-electron chi connectivity index (χ4n) is 1.48. The monoisotopic (exact) mass is 296 g/mol. The summed E-state index contributed by atoms with van der Waals surface area (Å²) >= 11 is 11.8. The number of amides is 1. The molecule has 19 heavy (non-hydrogen) atoms. The molecule has 1 aromatic heterocycles. The van der Waals surface area contributed by atoms with Gasteiger partial charge < -0.3 is 5.73 Å². The molecule has 0 saturated heterocycles. The van der Waals surface area contributed by atoms with Crippen LogP contribution in [0, 0.1) is 6.92 Å². The predicted molar refractivity (Wildman–Crippen MR) is 75.6 cm³/mol. The third-order valence-corrected chi connectivity index (χ3v) is 2.94. The Balaban J connectivity index is 2.28. The summed E-state index contributed by atoms with van der Waals surface area (Å²) in [5, 5.41) is 2.97. The van der Waals surface area contributed by atoms with E-state index < -0.39 is 5.91 Å². The first-order valence-corrected chi connectivity index (χ1v) is 6.09. The molecule has 0 unspecified atom stereocenters. The molecule has 0 atom stereocenters. The highest BCUT2D eigenvalue weighted by atomic mass is 35.5. The van der Waals surface area contributed by atoms with Gasteiger partial charge in [0.1, 0.15) is 5.15 Å². The largest absolute Gasteiger partial charge is 0.398 e. The second kappa shape index (κ2) is 5.42. The van der Waals surface area contributed by atoms with Crippen molar-refractivity contribution in [3.05, 3.63) is 45.7 Å². The summed E-state index contributed by atoms with van der Waals surface area (Å²) in [5.41, 5.74) is 6.87. The molecule has 2 aromatic rings. The summed E-state index contributed by atoms with van der Waals surface area (Å²) in [6.07, 6.45) is 0. The average Bonchev–Trinajstić information content (AvgIpc) is 2.31. The van der Waals surface area contributed by atoms with Crippen LogP contribution in [0.5, 0.6) is 0 Å². The molecule has 0 aliphatic carbocycles. The molecule has 1 aromatic carbocycles. The second-order valence-corrected chi connectivity index (χ2v) is 4.58.